The second-order valence-electron chi connectivity index (χ2n) is 6.73. The highest BCUT2D eigenvalue weighted by Crippen LogP contribution is 2.28. The van der Waals surface area contributed by atoms with E-state index in [1.54, 1.807) is 7.11 Å². The van der Waals surface area contributed by atoms with Gasteiger partial charge in [0.2, 0.25) is 0 Å². The van der Waals surface area contributed by atoms with Crippen molar-refractivity contribution >= 4 is 22.0 Å². The lowest BCUT2D eigenvalue weighted by Gasteiger charge is -2.34. The van der Waals surface area contributed by atoms with Crippen LogP contribution in [0.5, 0.6) is 5.75 Å². The van der Waals surface area contributed by atoms with Gasteiger partial charge in [-0.15, -0.1) is 0 Å². The van der Waals surface area contributed by atoms with E-state index in [-0.39, 0.29) is 18.2 Å². The Balaban J connectivity index is 1.57. The molecule has 3 rings (SSSR count). The van der Waals surface area contributed by atoms with E-state index in [0.29, 0.717) is 19.7 Å². The van der Waals surface area contributed by atoms with Crippen LogP contribution in [0.3, 0.4) is 0 Å². The molecule has 5 nitrogen and oxygen atoms in total. The number of ether oxygens (including phenoxy) is 2. The van der Waals surface area contributed by atoms with E-state index in [2.05, 4.69) is 21.2 Å². The monoisotopic (exact) mass is 432 g/mol. The molecule has 2 unspecified atom stereocenters. The van der Waals surface area contributed by atoms with Gasteiger partial charge in [0.1, 0.15) is 11.9 Å². The van der Waals surface area contributed by atoms with Gasteiger partial charge >= 0.3 is 6.03 Å². The summed E-state index contributed by atoms with van der Waals surface area (Å²) < 4.78 is 12.2. The largest absolute Gasteiger partial charge is 0.497 e. The number of nitrogens with zero attached hydrogens (tertiary/aromatic N) is 1. The molecule has 0 saturated carbocycles. The molecule has 2 amide bonds. The average molecular weight is 433 g/mol. The van der Waals surface area contributed by atoms with Crippen LogP contribution in [0.4, 0.5) is 4.79 Å². The lowest BCUT2D eigenvalue weighted by molar-refractivity contribution is -0.0160. The summed E-state index contributed by atoms with van der Waals surface area (Å²) >= 11 is 3.57. The Hall–Kier alpha value is -2.05. The van der Waals surface area contributed by atoms with E-state index >= 15 is 0 Å². The fraction of sp³-hybridized carbons (Fsp3) is 0.381. The third-order valence-corrected chi connectivity index (χ3v) is 5.37. The predicted molar refractivity (Wildman–Crippen MR) is 109 cm³/mol. The molecule has 1 heterocycles. The Bertz CT molecular complexity index is 784. The number of hydrogen-bond acceptors (Lipinski definition) is 3. The van der Waals surface area contributed by atoms with Gasteiger partial charge in [-0.1, -0.05) is 46.3 Å². The van der Waals surface area contributed by atoms with E-state index in [0.717, 1.165) is 27.8 Å². The molecule has 144 valence electrons. The zero-order valence-electron chi connectivity index (χ0n) is 15.7. The van der Waals surface area contributed by atoms with Gasteiger partial charge in [-0.05, 0) is 42.7 Å². The highest BCUT2D eigenvalue weighted by atomic mass is 79.9. The first-order valence-corrected chi connectivity index (χ1v) is 9.90. The summed E-state index contributed by atoms with van der Waals surface area (Å²) in [6, 6.07) is 15.9. The molecular formula is C21H25BrN2O3. The van der Waals surface area contributed by atoms with E-state index in [1.807, 2.05) is 60.4 Å². The van der Waals surface area contributed by atoms with Crippen LogP contribution in [0.2, 0.25) is 0 Å². The molecule has 0 aliphatic carbocycles. The summed E-state index contributed by atoms with van der Waals surface area (Å²) in [5.74, 6) is 0.829. The normalized spacial score (nSPS) is 18.0. The first kappa shape index (κ1) is 19.7. The first-order valence-electron chi connectivity index (χ1n) is 9.11. The molecule has 2 aromatic rings. The van der Waals surface area contributed by atoms with Crippen molar-refractivity contribution in [3.8, 4) is 5.75 Å². The number of carbonyl (C=O) groups excluding carboxylic acids is 1. The van der Waals surface area contributed by atoms with Crippen molar-refractivity contribution in [3.63, 3.8) is 0 Å². The van der Waals surface area contributed by atoms with E-state index in [9.17, 15) is 4.79 Å². The second-order valence-corrected chi connectivity index (χ2v) is 7.59. The van der Waals surface area contributed by atoms with Gasteiger partial charge < -0.3 is 19.7 Å². The van der Waals surface area contributed by atoms with Crippen molar-refractivity contribution in [2.45, 2.75) is 25.5 Å². The first-order chi connectivity index (χ1) is 13.1. The maximum Gasteiger partial charge on any atom is 0.317 e. The maximum atomic E-state index is 12.7. The van der Waals surface area contributed by atoms with Gasteiger partial charge in [-0.25, -0.2) is 4.79 Å². The summed E-state index contributed by atoms with van der Waals surface area (Å²) in [5.41, 5.74) is 2.20. The molecule has 1 N–H and O–H groups in total. The molecule has 1 aliphatic heterocycles. The van der Waals surface area contributed by atoms with Crippen molar-refractivity contribution in [3.05, 3.63) is 64.1 Å². The summed E-state index contributed by atoms with van der Waals surface area (Å²) in [7, 11) is 1.66. The molecule has 27 heavy (non-hydrogen) atoms. The smallest absolute Gasteiger partial charge is 0.317 e. The van der Waals surface area contributed by atoms with Crippen LogP contribution in [0, 0.1) is 0 Å². The van der Waals surface area contributed by atoms with Crippen molar-refractivity contribution in [2.75, 3.05) is 26.8 Å². The number of carbonyl (C=O) groups is 1. The number of morpholine rings is 1. The molecule has 1 fully saturated rings. The minimum Gasteiger partial charge on any atom is -0.497 e. The summed E-state index contributed by atoms with van der Waals surface area (Å²) in [6.45, 7) is 3.69. The fourth-order valence-corrected chi connectivity index (χ4v) is 3.80. The van der Waals surface area contributed by atoms with Crippen molar-refractivity contribution < 1.29 is 14.3 Å². The van der Waals surface area contributed by atoms with Crippen LogP contribution in [0.25, 0.3) is 0 Å². The van der Waals surface area contributed by atoms with Crippen molar-refractivity contribution in [1.82, 2.24) is 10.2 Å². The third kappa shape index (κ3) is 5.23. The Labute approximate surface area is 168 Å². The second kappa shape index (κ2) is 9.24. The number of hydrogen-bond donors (Lipinski definition) is 1. The average Bonchev–Trinajstić information content (AvgIpc) is 2.68. The fourth-order valence-electron chi connectivity index (χ4n) is 3.26. The molecule has 0 spiro atoms. The quantitative estimate of drug-likeness (QED) is 0.770. The zero-order valence-corrected chi connectivity index (χ0v) is 17.2. The Kier molecular flexibility index (Phi) is 6.74. The number of rotatable bonds is 5. The van der Waals surface area contributed by atoms with Crippen LogP contribution in [0.1, 0.15) is 24.2 Å². The standard InChI is InChI=1S/C21H25BrN2O3/c1-15(12-16-6-5-7-17(13-16)26-2)23-21(25)24-10-11-27-20(14-24)18-8-3-4-9-19(18)22/h3-9,13,15,20H,10-12,14H2,1-2H3,(H,23,25). The molecule has 1 aliphatic rings. The Morgan fingerprint density at radius 1 is 1.33 bits per heavy atom. The lowest BCUT2D eigenvalue weighted by Crippen LogP contribution is -2.49. The van der Waals surface area contributed by atoms with Crippen molar-refractivity contribution in [2.24, 2.45) is 0 Å². The molecule has 2 atom stereocenters. The van der Waals surface area contributed by atoms with Gasteiger partial charge in [0.05, 0.1) is 20.3 Å². The number of urea groups is 1. The number of nitrogens with one attached hydrogen (secondary N) is 1. The molecular weight excluding hydrogens is 408 g/mol. The minimum atomic E-state index is -0.117. The topological polar surface area (TPSA) is 50.8 Å². The molecule has 0 aromatic heterocycles. The summed E-state index contributed by atoms with van der Waals surface area (Å²) in [4.78, 5) is 14.5. The van der Waals surface area contributed by atoms with E-state index < -0.39 is 0 Å². The third-order valence-electron chi connectivity index (χ3n) is 4.65. The Morgan fingerprint density at radius 2 is 2.15 bits per heavy atom. The SMILES string of the molecule is COc1cccc(CC(C)NC(=O)N2CCOC(c3ccccc3Br)C2)c1. The number of amides is 2. The van der Waals surface area contributed by atoms with E-state index in [1.165, 1.54) is 0 Å². The summed E-state index contributed by atoms with van der Waals surface area (Å²) in [5, 5.41) is 3.10. The van der Waals surface area contributed by atoms with Crippen LogP contribution in [0.15, 0.2) is 53.0 Å². The number of halogens is 1. The van der Waals surface area contributed by atoms with Gasteiger partial charge in [0.15, 0.2) is 0 Å². The zero-order chi connectivity index (χ0) is 19.2. The minimum absolute atomic E-state index is 0.0226. The Morgan fingerprint density at radius 3 is 2.93 bits per heavy atom. The van der Waals surface area contributed by atoms with E-state index in [4.69, 9.17) is 9.47 Å². The summed E-state index contributed by atoms with van der Waals surface area (Å²) in [6.07, 6.45) is 0.634. The van der Waals surface area contributed by atoms with Crippen molar-refractivity contribution in [1.29, 1.82) is 0 Å². The molecule has 0 radical (unpaired) electrons. The lowest BCUT2D eigenvalue weighted by atomic mass is 10.1. The van der Waals surface area contributed by atoms with Gasteiger partial charge in [0.25, 0.3) is 0 Å². The molecule has 0 bridgehead atoms. The van der Waals surface area contributed by atoms with Crippen LogP contribution in [-0.2, 0) is 11.2 Å². The number of benzene rings is 2. The van der Waals surface area contributed by atoms with Gasteiger partial charge in [-0.2, -0.15) is 0 Å². The molecule has 1 saturated heterocycles. The van der Waals surface area contributed by atoms with Crippen LogP contribution >= 0.6 is 15.9 Å². The predicted octanol–water partition coefficient (Wildman–Crippen LogP) is 4.17. The molecule has 2 aromatic carbocycles. The van der Waals surface area contributed by atoms with Gasteiger partial charge in [-0.3, -0.25) is 0 Å². The van der Waals surface area contributed by atoms with Crippen LogP contribution < -0.4 is 10.1 Å². The number of methoxy groups -OCH3 is 1. The van der Waals surface area contributed by atoms with Gasteiger partial charge in [0, 0.05) is 17.1 Å². The highest BCUT2D eigenvalue weighted by molar-refractivity contribution is 9.10. The maximum absolute atomic E-state index is 12.7. The molecule has 6 heteroatoms. The van der Waals surface area contributed by atoms with Crippen LogP contribution in [-0.4, -0.2) is 43.8 Å². The highest BCUT2D eigenvalue weighted by Gasteiger charge is 2.27.